The van der Waals surface area contributed by atoms with E-state index in [4.69, 9.17) is 4.74 Å². The van der Waals surface area contributed by atoms with Crippen molar-refractivity contribution in [1.29, 1.82) is 0 Å². The molecule has 2 atom stereocenters. The van der Waals surface area contributed by atoms with Gasteiger partial charge in [-0.05, 0) is 56.2 Å². The molecule has 2 aliphatic heterocycles. The maximum atomic E-state index is 12.9. The van der Waals surface area contributed by atoms with E-state index in [0.29, 0.717) is 0 Å². The summed E-state index contributed by atoms with van der Waals surface area (Å²) >= 11 is 1.83. The maximum Gasteiger partial charge on any atom is 0.244 e. The van der Waals surface area contributed by atoms with Gasteiger partial charge in [-0.25, -0.2) is 0 Å². The van der Waals surface area contributed by atoms with Crippen LogP contribution in [0.15, 0.2) is 30.3 Å². The second kappa shape index (κ2) is 5.90. The minimum absolute atomic E-state index is 0.0268. The predicted molar refractivity (Wildman–Crippen MR) is 96.9 cm³/mol. The fourth-order valence-corrected chi connectivity index (χ4v) is 4.87. The third-order valence-electron chi connectivity index (χ3n) is 5.09. The normalized spacial score (nSPS) is 23.3. The summed E-state index contributed by atoms with van der Waals surface area (Å²) in [6.45, 7) is 6.02. The number of likely N-dealkylation sites (tertiary alicyclic amines) is 1. The number of carbonyl (C=O) groups excluding carboxylic acids is 1. The van der Waals surface area contributed by atoms with E-state index in [1.54, 1.807) is 7.11 Å². The molecule has 126 valence electrons. The first-order valence-electron chi connectivity index (χ1n) is 8.34. The fraction of sp³-hybridized carbons (Fsp3) is 0.421. The lowest BCUT2D eigenvalue weighted by molar-refractivity contribution is -0.122. The first-order valence-corrected chi connectivity index (χ1v) is 9.15. The van der Waals surface area contributed by atoms with E-state index < -0.39 is 0 Å². The minimum Gasteiger partial charge on any atom is -0.497 e. The molecule has 0 saturated carbocycles. The molecule has 2 saturated heterocycles. The molecule has 1 aromatic heterocycles. The van der Waals surface area contributed by atoms with Gasteiger partial charge in [-0.1, -0.05) is 0 Å². The first kappa shape index (κ1) is 15.7. The summed E-state index contributed by atoms with van der Waals surface area (Å²) in [4.78, 5) is 20.0. The van der Waals surface area contributed by atoms with E-state index in [0.717, 1.165) is 36.5 Å². The molecular weight excluding hydrogens is 320 g/mol. The Balaban J connectivity index is 1.53. The van der Waals surface area contributed by atoms with Crippen molar-refractivity contribution >= 4 is 22.9 Å². The molecule has 2 aromatic rings. The van der Waals surface area contributed by atoms with Crippen molar-refractivity contribution in [3.63, 3.8) is 0 Å². The van der Waals surface area contributed by atoms with Gasteiger partial charge in [0.2, 0.25) is 5.91 Å². The largest absolute Gasteiger partial charge is 0.497 e. The molecule has 5 heteroatoms. The number of methoxy groups -OCH3 is 1. The molecule has 2 fully saturated rings. The summed E-state index contributed by atoms with van der Waals surface area (Å²) in [5, 5.41) is 0. The molecule has 1 aromatic carbocycles. The van der Waals surface area contributed by atoms with Crippen LogP contribution in [0.4, 0.5) is 5.69 Å². The number of nitrogens with zero attached hydrogens (tertiary/aromatic N) is 2. The van der Waals surface area contributed by atoms with E-state index in [9.17, 15) is 4.79 Å². The third kappa shape index (κ3) is 2.52. The molecule has 0 unspecified atom stereocenters. The number of fused-ring (bicyclic) bond motifs is 2. The van der Waals surface area contributed by atoms with Gasteiger partial charge in [0.15, 0.2) is 0 Å². The Morgan fingerprint density at radius 1 is 1.25 bits per heavy atom. The highest BCUT2D eigenvalue weighted by atomic mass is 32.1. The van der Waals surface area contributed by atoms with Crippen molar-refractivity contribution in [2.45, 2.75) is 38.9 Å². The average molecular weight is 342 g/mol. The molecule has 0 radical (unpaired) electrons. The van der Waals surface area contributed by atoms with Crippen molar-refractivity contribution in [1.82, 2.24) is 4.90 Å². The third-order valence-corrected chi connectivity index (χ3v) is 6.07. The lowest BCUT2D eigenvalue weighted by Crippen LogP contribution is -2.50. The van der Waals surface area contributed by atoms with Gasteiger partial charge in [-0.3, -0.25) is 9.69 Å². The zero-order chi connectivity index (χ0) is 16.8. The summed E-state index contributed by atoms with van der Waals surface area (Å²) in [5.41, 5.74) is 2.12. The van der Waals surface area contributed by atoms with Crippen molar-refractivity contribution in [3.8, 4) is 5.75 Å². The van der Waals surface area contributed by atoms with Gasteiger partial charge < -0.3 is 9.64 Å². The molecule has 0 N–H and O–H groups in total. The molecule has 0 spiro atoms. The SMILES string of the molecule is COc1ccc(N2C(=O)[C@@H]3C[C@H]2CN3Cc2ccc(C)s2)c(C)c1. The number of benzene rings is 1. The van der Waals surface area contributed by atoms with Crippen LogP contribution in [0.25, 0.3) is 0 Å². The molecule has 2 bridgehead atoms. The molecule has 0 aliphatic carbocycles. The number of anilines is 1. The van der Waals surface area contributed by atoms with E-state index in [1.165, 1.54) is 9.75 Å². The number of thiophene rings is 1. The van der Waals surface area contributed by atoms with Crippen LogP contribution in [0, 0.1) is 13.8 Å². The van der Waals surface area contributed by atoms with Crippen LogP contribution >= 0.6 is 11.3 Å². The van der Waals surface area contributed by atoms with E-state index in [1.807, 2.05) is 41.4 Å². The summed E-state index contributed by atoms with van der Waals surface area (Å²) in [6, 6.07) is 10.6. The van der Waals surface area contributed by atoms with Gasteiger partial charge in [0.1, 0.15) is 5.75 Å². The van der Waals surface area contributed by atoms with Crippen LogP contribution in [-0.4, -0.2) is 36.5 Å². The topological polar surface area (TPSA) is 32.8 Å². The zero-order valence-corrected chi connectivity index (χ0v) is 15.1. The van der Waals surface area contributed by atoms with Gasteiger partial charge in [-0.2, -0.15) is 0 Å². The Hall–Kier alpha value is -1.85. The minimum atomic E-state index is 0.0268. The summed E-state index contributed by atoms with van der Waals surface area (Å²) in [7, 11) is 1.67. The van der Waals surface area contributed by atoms with E-state index >= 15 is 0 Å². The Bertz CT molecular complexity index is 785. The number of rotatable bonds is 4. The van der Waals surface area contributed by atoms with Crippen LogP contribution in [-0.2, 0) is 11.3 Å². The molecule has 1 amide bonds. The van der Waals surface area contributed by atoms with Gasteiger partial charge in [0.05, 0.1) is 19.2 Å². The Kier molecular flexibility index (Phi) is 3.85. The summed E-state index contributed by atoms with van der Waals surface area (Å²) in [6.07, 6.45) is 0.939. The van der Waals surface area contributed by atoms with Crippen LogP contribution in [0.3, 0.4) is 0 Å². The second-order valence-electron chi connectivity index (χ2n) is 6.71. The number of piperazine rings is 1. The molecule has 4 rings (SSSR count). The van der Waals surface area contributed by atoms with Gasteiger partial charge in [-0.15, -0.1) is 11.3 Å². The lowest BCUT2D eigenvalue weighted by Gasteiger charge is -2.34. The molecular formula is C19H22N2O2S. The van der Waals surface area contributed by atoms with Crippen LogP contribution < -0.4 is 9.64 Å². The lowest BCUT2D eigenvalue weighted by atomic mass is 10.1. The monoisotopic (exact) mass is 342 g/mol. The Morgan fingerprint density at radius 3 is 2.71 bits per heavy atom. The highest BCUT2D eigenvalue weighted by molar-refractivity contribution is 7.11. The van der Waals surface area contributed by atoms with Crippen LogP contribution in [0.5, 0.6) is 5.75 Å². The highest BCUT2D eigenvalue weighted by Crippen LogP contribution is 2.38. The van der Waals surface area contributed by atoms with Crippen molar-refractivity contribution in [2.75, 3.05) is 18.6 Å². The average Bonchev–Trinajstić information content (AvgIpc) is 3.23. The fourth-order valence-electron chi connectivity index (χ4n) is 3.95. The van der Waals surface area contributed by atoms with E-state index in [-0.39, 0.29) is 18.0 Å². The smallest absolute Gasteiger partial charge is 0.244 e. The number of hydrogen-bond donors (Lipinski definition) is 0. The first-order chi connectivity index (χ1) is 11.6. The number of carbonyl (C=O) groups is 1. The van der Waals surface area contributed by atoms with Crippen molar-refractivity contribution in [2.24, 2.45) is 0 Å². The predicted octanol–water partition coefficient (Wildman–Crippen LogP) is 3.36. The number of ether oxygens (including phenoxy) is 1. The Labute approximate surface area is 146 Å². The quantitative estimate of drug-likeness (QED) is 0.854. The molecule has 24 heavy (non-hydrogen) atoms. The maximum absolute atomic E-state index is 12.9. The number of aryl methyl sites for hydroxylation is 2. The van der Waals surface area contributed by atoms with E-state index in [2.05, 4.69) is 24.0 Å². The second-order valence-corrected chi connectivity index (χ2v) is 8.08. The molecule has 4 nitrogen and oxygen atoms in total. The standard InChI is InChI=1S/C19H22N2O2S/c1-12-8-15(23-3)5-7-17(12)21-14-9-18(19(21)22)20(10-14)11-16-6-4-13(2)24-16/h4-8,14,18H,9-11H2,1-3H3/t14-,18-/m0/s1. The highest BCUT2D eigenvalue weighted by Gasteiger charge is 2.50. The van der Waals surface area contributed by atoms with Crippen molar-refractivity contribution in [3.05, 3.63) is 45.6 Å². The molecule has 2 aliphatic rings. The van der Waals surface area contributed by atoms with Crippen LogP contribution in [0.2, 0.25) is 0 Å². The van der Waals surface area contributed by atoms with Gasteiger partial charge in [0.25, 0.3) is 0 Å². The summed E-state index contributed by atoms with van der Waals surface area (Å²) in [5.74, 6) is 1.08. The zero-order valence-electron chi connectivity index (χ0n) is 14.3. The number of hydrogen-bond acceptors (Lipinski definition) is 4. The summed E-state index contributed by atoms with van der Waals surface area (Å²) < 4.78 is 5.28. The van der Waals surface area contributed by atoms with Crippen molar-refractivity contribution < 1.29 is 9.53 Å². The molecule has 3 heterocycles. The number of amides is 1. The van der Waals surface area contributed by atoms with Gasteiger partial charge in [0, 0.05) is 28.5 Å². The Morgan fingerprint density at radius 2 is 2.08 bits per heavy atom. The van der Waals surface area contributed by atoms with Gasteiger partial charge >= 0.3 is 0 Å². The van der Waals surface area contributed by atoms with Crippen LogP contribution in [0.1, 0.15) is 21.7 Å².